The maximum absolute atomic E-state index is 12.8. The first-order chi connectivity index (χ1) is 10.6. The van der Waals surface area contributed by atoms with Gasteiger partial charge in [0.15, 0.2) is 5.11 Å². The van der Waals surface area contributed by atoms with Gasteiger partial charge in [-0.15, -0.1) is 0 Å². The van der Waals surface area contributed by atoms with Crippen LogP contribution in [0.4, 0.5) is 20.2 Å². The number of halogens is 2. The highest BCUT2D eigenvalue weighted by molar-refractivity contribution is 7.80. The number of nitrogens with two attached hydrogens (primary N) is 1. The van der Waals surface area contributed by atoms with Crippen LogP contribution in [0.3, 0.4) is 0 Å². The van der Waals surface area contributed by atoms with E-state index in [-0.39, 0.29) is 0 Å². The summed E-state index contributed by atoms with van der Waals surface area (Å²) in [5, 5.41) is 6.36. The third-order valence-electron chi connectivity index (χ3n) is 3.05. The van der Waals surface area contributed by atoms with Gasteiger partial charge in [-0.05, 0) is 53.2 Å². The van der Waals surface area contributed by atoms with Crippen LogP contribution in [-0.2, 0) is 19.9 Å². The Morgan fingerprint density at radius 1 is 0.955 bits per heavy atom. The lowest BCUT2D eigenvalue weighted by Crippen LogP contribution is -2.27. The zero-order valence-electron chi connectivity index (χ0n) is 11.9. The van der Waals surface area contributed by atoms with Crippen LogP contribution < -0.4 is 16.4 Å². The fourth-order valence-electron chi connectivity index (χ4n) is 1.98. The largest absolute Gasteiger partial charge is 0.399 e. The minimum Gasteiger partial charge on any atom is -0.399 e. The van der Waals surface area contributed by atoms with E-state index in [1.807, 2.05) is 24.3 Å². The standard InChI is InChI=1S/C16H17F2N3S/c17-8-12-5-13(9-18)7-15(6-12)21-16(22)20-10-11-1-3-14(19)4-2-11/h1-7H,8-10,19H2,(H2,20,21,22). The first-order valence-electron chi connectivity index (χ1n) is 6.74. The monoisotopic (exact) mass is 321 g/mol. The molecular formula is C16H17F2N3S. The van der Waals surface area contributed by atoms with Crippen molar-refractivity contribution in [3.63, 3.8) is 0 Å². The number of hydrogen-bond acceptors (Lipinski definition) is 2. The maximum Gasteiger partial charge on any atom is 0.171 e. The molecule has 116 valence electrons. The van der Waals surface area contributed by atoms with Gasteiger partial charge in [-0.1, -0.05) is 18.2 Å². The van der Waals surface area contributed by atoms with Crippen molar-refractivity contribution in [2.24, 2.45) is 0 Å². The second kappa shape index (κ2) is 7.70. The third kappa shape index (κ3) is 4.66. The van der Waals surface area contributed by atoms with Gasteiger partial charge >= 0.3 is 0 Å². The molecule has 22 heavy (non-hydrogen) atoms. The molecule has 0 aliphatic rings. The Morgan fingerprint density at radius 3 is 2.09 bits per heavy atom. The zero-order valence-corrected chi connectivity index (χ0v) is 12.7. The van der Waals surface area contributed by atoms with Crippen LogP contribution >= 0.6 is 12.2 Å². The van der Waals surface area contributed by atoms with E-state index >= 15 is 0 Å². The number of alkyl halides is 2. The fraction of sp³-hybridized carbons (Fsp3) is 0.188. The lowest BCUT2D eigenvalue weighted by atomic mass is 10.1. The Morgan fingerprint density at radius 2 is 1.55 bits per heavy atom. The predicted octanol–water partition coefficient (Wildman–Crippen LogP) is 3.69. The van der Waals surface area contributed by atoms with Gasteiger partial charge < -0.3 is 16.4 Å². The van der Waals surface area contributed by atoms with Crippen LogP contribution in [0.5, 0.6) is 0 Å². The topological polar surface area (TPSA) is 50.1 Å². The smallest absolute Gasteiger partial charge is 0.171 e. The Kier molecular flexibility index (Phi) is 5.66. The average Bonchev–Trinajstić information content (AvgIpc) is 2.54. The molecule has 2 aromatic rings. The molecule has 0 amide bonds. The van der Waals surface area contributed by atoms with Gasteiger partial charge in [0.05, 0.1) is 0 Å². The molecule has 2 rings (SSSR count). The summed E-state index contributed by atoms with van der Waals surface area (Å²) in [5.41, 5.74) is 8.75. The molecule has 2 aromatic carbocycles. The molecule has 0 aliphatic carbocycles. The molecule has 0 aromatic heterocycles. The molecule has 0 bridgehead atoms. The van der Waals surface area contributed by atoms with E-state index in [0.29, 0.717) is 34.2 Å². The molecule has 0 fully saturated rings. The predicted molar refractivity (Wildman–Crippen MR) is 90.0 cm³/mol. The third-order valence-corrected chi connectivity index (χ3v) is 3.30. The van der Waals surface area contributed by atoms with E-state index in [9.17, 15) is 8.78 Å². The summed E-state index contributed by atoms with van der Waals surface area (Å²) < 4.78 is 25.5. The molecule has 0 saturated carbocycles. The van der Waals surface area contributed by atoms with Crippen molar-refractivity contribution in [1.82, 2.24) is 5.32 Å². The number of nitrogens with one attached hydrogen (secondary N) is 2. The van der Waals surface area contributed by atoms with Gasteiger partial charge in [0.2, 0.25) is 0 Å². The van der Waals surface area contributed by atoms with E-state index in [1.54, 1.807) is 12.1 Å². The van der Waals surface area contributed by atoms with Gasteiger partial charge in [-0.3, -0.25) is 0 Å². The molecule has 0 spiro atoms. The van der Waals surface area contributed by atoms with Crippen molar-refractivity contribution in [3.8, 4) is 0 Å². The summed E-state index contributed by atoms with van der Waals surface area (Å²) in [7, 11) is 0. The molecule has 4 N–H and O–H groups in total. The zero-order chi connectivity index (χ0) is 15.9. The SMILES string of the molecule is Nc1ccc(CNC(=S)Nc2cc(CF)cc(CF)c2)cc1. The van der Waals surface area contributed by atoms with Crippen molar-refractivity contribution in [3.05, 3.63) is 59.2 Å². The quantitative estimate of drug-likeness (QED) is 0.581. The Labute approximate surface area is 133 Å². The summed E-state index contributed by atoms with van der Waals surface area (Å²) in [4.78, 5) is 0. The number of thiocarbonyl (C=S) groups is 1. The van der Waals surface area contributed by atoms with Crippen LogP contribution in [0, 0.1) is 0 Å². The summed E-state index contributed by atoms with van der Waals surface area (Å²) in [6.07, 6.45) is 0. The van der Waals surface area contributed by atoms with Crippen molar-refractivity contribution < 1.29 is 8.78 Å². The molecule has 0 atom stereocenters. The van der Waals surface area contributed by atoms with Gasteiger partial charge in [0.1, 0.15) is 13.3 Å². The first-order valence-corrected chi connectivity index (χ1v) is 7.15. The lowest BCUT2D eigenvalue weighted by Gasteiger charge is -2.12. The van der Waals surface area contributed by atoms with E-state index in [0.717, 1.165) is 5.56 Å². The maximum atomic E-state index is 12.8. The Balaban J connectivity index is 1.95. The minimum atomic E-state index is -0.645. The highest BCUT2D eigenvalue weighted by Crippen LogP contribution is 2.17. The summed E-state index contributed by atoms with van der Waals surface area (Å²) >= 11 is 5.19. The molecule has 0 unspecified atom stereocenters. The summed E-state index contributed by atoms with van der Waals surface area (Å²) in [5.74, 6) is 0. The van der Waals surface area contributed by atoms with Crippen LogP contribution in [-0.4, -0.2) is 5.11 Å². The number of anilines is 2. The summed E-state index contributed by atoms with van der Waals surface area (Å²) in [6.45, 7) is -0.757. The number of hydrogen-bond donors (Lipinski definition) is 3. The second-order valence-electron chi connectivity index (χ2n) is 4.85. The van der Waals surface area contributed by atoms with Crippen LogP contribution in [0.15, 0.2) is 42.5 Å². The van der Waals surface area contributed by atoms with E-state index in [2.05, 4.69) is 10.6 Å². The Bertz CT molecular complexity index is 622. The van der Waals surface area contributed by atoms with Crippen LogP contribution in [0.2, 0.25) is 0 Å². The first kappa shape index (κ1) is 16.2. The minimum absolute atomic E-state index is 0.387. The molecule has 0 heterocycles. The molecule has 6 heteroatoms. The second-order valence-corrected chi connectivity index (χ2v) is 5.26. The number of benzene rings is 2. The van der Waals surface area contributed by atoms with Crippen molar-refractivity contribution in [2.45, 2.75) is 19.9 Å². The number of rotatable bonds is 5. The van der Waals surface area contributed by atoms with E-state index in [4.69, 9.17) is 18.0 Å². The molecule has 3 nitrogen and oxygen atoms in total. The number of nitrogen functional groups attached to an aromatic ring is 1. The summed E-state index contributed by atoms with van der Waals surface area (Å²) in [6, 6.07) is 12.1. The highest BCUT2D eigenvalue weighted by atomic mass is 32.1. The van der Waals surface area contributed by atoms with Crippen molar-refractivity contribution >= 4 is 28.7 Å². The van der Waals surface area contributed by atoms with E-state index < -0.39 is 13.3 Å². The molecular weight excluding hydrogens is 304 g/mol. The van der Waals surface area contributed by atoms with Gasteiger partial charge in [0.25, 0.3) is 0 Å². The molecule has 0 aliphatic heterocycles. The lowest BCUT2D eigenvalue weighted by molar-refractivity contribution is 0.475. The van der Waals surface area contributed by atoms with Gasteiger partial charge in [0, 0.05) is 17.9 Å². The van der Waals surface area contributed by atoms with E-state index in [1.165, 1.54) is 6.07 Å². The molecule has 0 radical (unpaired) electrons. The molecule has 0 saturated heterocycles. The van der Waals surface area contributed by atoms with Gasteiger partial charge in [-0.25, -0.2) is 8.78 Å². The normalized spacial score (nSPS) is 10.3. The van der Waals surface area contributed by atoms with Crippen LogP contribution in [0.25, 0.3) is 0 Å². The fourth-order valence-corrected chi connectivity index (χ4v) is 2.17. The van der Waals surface area contributed by atoms with Crippen molar-refractivity contribution in [2.75, 3.05) is 11.1 Å². The van der Waals surface area contributed by atoms with Crippen LogP contribution in [0.1, 0.15) is 16.7 Å². The van der Waals surface area contributed by atoms with Gasteiger partial charge in [-0.2, -0.15) is 0 Å². The Hall–Kier alpha value is -2.21. The van der Waals surface area contributed by atoms with Crippen molar-refractivity contribution in [1.29, 1.82) is 0 Å². The average molecular weight is 321 g/mol. The highest BCUT2D eigenvalue weighted by Gasteiger charge is 2.03.